The lowest BCUT2D eigenvalue weighted by Gasteiger charge is -2.12. The maximum absolute atomic E-state index is 11.2. The van der Waals surface area contributed by atoms with Gasteiger partial charge < -0.3 is 19.3 Å². The number of benzene rings is 2. The average Bonchev–Trinajstić information content (AvgIpc) is 2.52. The number of carbonyl (C=O) groups is 1. The van der Waals surface area contributed by atoms with Crippen LogP contribution in [0.15, 0.2) is 42.5 Å². The molecular weight excluding hydrogens is 284 g/mol. The number of hydrogen-bond acceptors (Lipinski definition) is 4. The Morgan fingerprint density at radius 3 is 2.36 bits per heavy atom. The van der Waals surface area contributed by atoms with Gasteiger partial charge in [0, 0.05) is 6.07 Å². The van der Waals surface area contributed by atoms with Crippen LogP contribution in [0.3, 0.4) is 0 Å². The second-order valence-electron chi connectivity index (χ2n) is 4.63. The van der Waals surface area contributed by atoms with Gasteiger partial charge in [-0.3, -0.25) is 0 Å². The Morgan fingerprint density at radius 1 is 1.05 bits per heavy atom. The van der Waals surface area contributed by atoms with E-state index in [4.69, 9.17) is 19.3 Å². The molecule has 0 fully saturated rings. The number of carboxylic acids is 1. The summed E-state index contributed by atoms with van der Waals surface area (Å²) in [6.45, 7) is 2.52. The molecule has 0 amide bonds. The van der Waals surface area contributed by atoms with E-state index in [0.29, 0.717) is 12.4 Å². The van der Waals surface area contributed by atoms with Crippen molar-refractivity contribution in [1.82, 2.24) is 0 Å². The molecule has 0 atom stereocenters. The maximum atomic E-state index is 11.2. The molecule has 0 heterocycles. The van der Waals surface area contributed by atoms with Crippen LogP contribution in [-0.4, -0.2) is 31.4 Å². The first kappa shape index (κ1) is 15.7. The van der Waals surface area contributed by atoms with Crippen molar-refractivity contribution in [2.75, 3.05) is 20.3 Å². The maximum Gasteiger partial charge on any atom is 0.339 e. The van der Waals surface area contributed by atoms with E-state index in [1.165, 1.54) is 13.2 Å². The van der Waals surface area contributed by atoms with Gasteiger partial charge >= 0.3 is 5.97 Å². The van der Waals surface area contributed by atoms with Gasteiger partial charge in [0.15, 0.2) is 0 Å². The molecule has 0 spiro atoms. The number of carboxylic acid groups (broad SMARTS) is 1. The molecule has 1 N–H and O–H groups in total. The first-order valence-electron chi connectivity index (χ1n) is 6.84. The zero-order valence-corrected chi connectivity index (χ0v) is 12.5. The minimum absolute atomic E-state index is 0.0942. The van der Waals surface area contributed by atoms with Crippen LogP contribution >= 0.6 is 0 Å². The van der Waals surface area contributed by atoms with Crippen LogP contribution in [0.5, 0.6) is 17.2 Å². The largest absolute Gasteiger partial charge is 0.497 e. The molecule has 0 aliphatic heterocycles. The third kappa shape index (κ3) is 3.91. The Kier molecular flexibility index (Phi) is 5.25. The van der Waals surface area contributed by atoms with Gasteiger partial charge in [-0.2, -0.15) is 0 Å². The molecule has 0 aromatic heterocycles. The van der Waals surface area contributed by atoms with Gasteiger partial charge in [0.05, 0.1) is 7.11 Å². The number of methoxy groups -OCH3 is 1. The van der Waals surface area contributed by atoms with Gasteiger partial charge in [-0.25, -0.2) is 4.79 Å². The van der Waals surface area contributed by atoms with Crippen LogP contribution in [0.4, 0.5) is 0 Å². The molecular formula is C17H18O5. The fourth-order valence-electron chi connectivity index (χ4n) is 1.95. The van der Waals surface area contributed by atoms with Crippen LogP contribution in [0.25, 0.3) is 0 Å². The third-order valence-corrected chi connectivity index (χ3v) is 3.11. The number of rotatable bonds is 7. The van der Waals surface area contributed by atoms with E-state index in [0.717, 1.165) is 11.3 Å². The van der Waals surface area contributed by atoms with Crippen molar-refractivity contribution in [3.05, 3.63) is 53.6 Å². The summed E-state index contributed by atoms with van der Waals surface area (Å²) >= 11 is 0. The van der Waals surface area contributed by atoms with Crippen LogP contribution < -0.4 is 14.2 Å². The zero-order valence-electron chi connectivity index (χ0n) is 12.5. The van der Waals surface area contributed by atoms with Crippen molar-refractivity contribution in [1.29, 1.82) is 0 Å². The number of para-hydroxylation sites is 1. The minimum atomic E-state index is -1.04. The van der Waals surface area contributed by atoms with Crippen LogP contribution in [-0.2, 0) is 0 Å². The van der Waals surface area contributed by atoms with Crippen molar-refractivity contribution in [2.24, 2.45) is 0 Å². The Bertz CT molecular complexity index is 651. The van der Waals surface area contributed by atoms with E-state index >= 15 is 0 Å². The summed E-state index contributed by atoms with van der Waals surface area (Å²) in [4.78, 5) is 11.2. The molecule has 0 saturated carbocycles. The molecule has 0 bridgehead atoms. The molecule has 2 aromatic rings. The van der Waals surface area contributed by atoms with Gasteiger partial charge in [-0.05, 0) is 30.7 Å². The molecule has 0 aliphatic carbocycles. The van der Waals surface area contributed by atoms with Gasteiger partial charge in [-0.15, -0.1) is 0 Å². The Balaban J connectivity index is 1.96. The predicted octanol–water partition coefficient (Wildman–Crippen LogP) is 3.16. The van der Waals surface area contributed by atoms with Gasteiger partial charge in [0.1, 0.15) is 36.0 Å². The van der Waals surface area contributed by atoms with E-state index in [1.807, 2.05) is 31.2 Å². The first-order valence-corrected chi connectivity index (χ1v) is 6.84. The van der Waals surface area contributed by atoms with E-state index in [2.05, 4.69) is 0 Å². The summed E-state index contributed by atoms with van der Waals surface area (Å²) < 4.78 is 16.2. The lowest BCUT2D eigenvalue weighted by Crippen LogP contribution is -2.11. The molecule has 22 heavy (non-hydrogen) atoms. The summed E-state index contributed by atoms with van der Waals surface area (Å²) in [6.07, 6.45) is 0. The topological polar surface area (TPSA) is 65.0 Å². The van der Waals surface area contributed by atoms with Crippen LogP contribution in [0, 0.1) is 6.92 Å². The fourth-order valence-corrected chi connectivity index (χ4v) is 1.95. The highest BCUT2D eigenvalue weighted by Gasteiger charge is 2.12. The highest BCUT2D eigenvalue weighted by molar-refractivity contribution is 5.91. The molecule has 0 aliphatic rings. The normalized spacial score (nSPS) is 10.1. The van der Waals surface area contributed by atoms with Crippen LogP contribution in [0.1, 0.15) is 15.9 Å². The summed E-state index contributed by atoms with van der Waals surface area (Å²) in [5.41, 5.74) is 1.13. The number of aryl methyl sites for hydroxylation is 1. The smallest absolute Gasteiger partial charge is 0.339 e. The highest BCUT2D eigenvalue weighted by atomic mass is 16.5. The van der Waals surface area contributed by atoms with Gasteiger partial charge in [0.25, 0.3) is 0 Å². The van der Waals surface area contributed by atoms with Gasteiger partial charge in [-0.1, -0.05) is 18.2 Å². The molecule has 116 valence electrons. The van der Waals surface area contributed by atoms with E-state index in [1.54, 1.807) is 12.1 Å². The second-order valence-corrected chi connectivity index (χ2v) is 4.63. The van der Waals surface area contributed by atoms with E-state index in [-0.39, 0.29) is 17.9 Å². The SMILES string of the molecule is COc1ccc(C(=O)O)c(OCCOc2ccccc2C)c1. The Labute approximate surface area is 129 Å². The number of ether oxygens (including phenoxy) is 3. The molecule has 2 aromatic carbocycles. The first-order chi connectivity index (χ1) is 10.6. The number of aromatic carboxylic acids is 1. The standard InChI is InChI=1S/C17H18O5/c1-12-5-3-4-6-15(12)21-9-10-22-16-11-13(20-2)7-8-14(16)17(18)19/h3-8,11H,9-10H2,1-2H3,(H,18,19). The Morgan fingerprint density at radius 2 is 1.73 bits per heavy atom. The third-order valence-electron chi connectivity index (χ3n) is 3.11. The second kappa shape index (κ2) is 7.36. The Hall–Kier alpha value is -2.69. The lowest BCUT2D eigenvalue weighted by molar-refractivity contribution is 0.0691. The molecule has 2 rings (SSSR count). The summed E-state index contributed by atoms with van der Waals surface area (Å²) in [5.74, 6) is 0.549. The van der Waals surface area contributed by atoms with E-state index < -0.39 is 5.97 Å². The van der Waals surface area contributed by atoms with Crippen molar-refractivity contribution in [2.45, 2.75) is 6.92 Å². The van der Waals surface area contributed by atoms with Crippen molar-refractivity contribution in [3.8, 4) is 17.2 Å². The molecule has 5 nitrogen and oxygen atoms in total. The van der Waals surface area contributed by atoms with E-state index in [9.17, 15) is 4.79 Å². The van der Waals surface area contributed by atoms with Crippen molar-refractivity contribution < 1.29 is 24.1 Å². The summed E-state index contributed by atoms with van der Waals surface area (Å²) in [6, 6.07) is 12.3. The summed E-state index contributed by atoms with van der Waals surface area (Å²) in [5, 5.41) is 9.15. The predicted molar refractivity (Wildman–Crippen MR) is 82.1 cm³/mol. The number of hydrogen-bond donors (Lipinski definition) is 1. The molecule has 0 saturated heterocycles. The fraction of sp³-hybridized carbons (Fsp3) is 0.235. The quantitative estimate of drug-likeness (QED) is 0.796. The lowest BCUT2D eigenvalue weighted by atomic mass is 10.2. The van der Waals surface area contributed by atoms with Gasteiger partial charge in [0.2, 0.25) is 0 Å². The molecule has 0 unspecified atom stereocenters. The highest BCUT2D eigenvalue weighted by Crippen LogP contribution is 2.25. The zero-order chi connectivity index (χ0) is 15.9. The molecule has 0 radical (unpaired) electrons. The average molecular weight is 302 g/mol. The van der Waals surface area contributed by atoms with Crippen LogP contribution in [0.2, 0.25) is 0 Å². The van der Waals surface area contributed by atoms with Crippen molar-refractivity contribution in [3.63, 3.8) is 0 Å². The minimum Gasteiger partial charge on any atom is -0.497 e. The monoisotopic (exact) mass is 302 g/mol. The molecule has 5 heteroatoms. The van der Waals surface area contributed by atoms with Crippen molar-refractivity contribution >= 4 is 5.97 Å². The summed E-state index contributed by atoms with van der Waals surface area (Å²) in [7, 11) is 1.51.